The second-order valence-corrected chi connectivity index (χ2v) is 4.51. The van der Waals surface area contributed by atoms with Crippen molar-refractivity contribution in [2.45, 2.75) is 46.1 Å². The van der Waals surface area contributed by atoms with Crippen LogP contribution in [-0.4, -0.2) is 12.1 Å². The number of allylic oxidation sites excluding steroid dienone is 2. The molecular formula is C12H23N. The highest BCUT2D eigenvalue weighted by molar-refractivity contribution is 5.02. The summed E-state index contributed by atoms with van der Waals surface area (Å²) in [5.74, 6) is 0. The SMILES string of the molecule is C=CCC(C)=CCCNC(C)(C)C. The largest absolute Gasteiger partial charge is 0.312 e. The van der Waals surface area contributed by atoms with Crippen molar-refractivity contribution >= 4 is 0 Å². The van der Waals surface area contributed by atoms with Gasteiger partial charge in [-0.2, -0.15) is 0 Å². The molecule has 0 rings (SSSR count). The molecule has 0 radical (unpaired) electrons. The summed E-state index contributed by atoms with van der Waals surface area (Å²) in [6, 6.07) is 0. The summed E-state index contributed by atoms with van der Waals surface area (Å²) in [5, 5.41) is 3.45. The maximum Gasteiger partial charge on any atom is 0.00966 e. The van der Waals surface area contributed by atoms with Crippen molar-refractivity contribution in [3.05, 3.63) is 24.3 Å². The highest BCUT2D eigenvalue weighted by atomic mass is 14.9. The fourth-order valence-electron chi connectivity index (χ4n) is 1.08. The van der Waals surface area contributed by atoms with Gasteiger partial charge in [0.1, 0.15) is 0 Å². The van der Waals surface area contributed by atoms with Gasteiger partial charge in [-0.15, -0.1) is 6.58 Å². The van der Waals surface area contributed by atoms with E-state index in [9.17, 15) is 0 Å². The van der Waals surface area contributed by atoms with Gasteiger partial charge in [0, 0.05) is 5.54 Å². The molecule has 0 spiro atoms. The van der Waals surface area contributed by atoms with Crippen LogP contribution >= 0.6 is 0 Å². The highest BCUT2D eigenvalue weighted by Crippen LogP contribution is 2.02. The molecule has 0 aliphatic heterocycles. The van der Waals surface area contributed by atoms with Crippen molar-refractivity contribution in [2.24, 2.45) is 0 Å². The minimum absolute atomic E-state index is 0.236. The Kier molecular flexibility index (Phi) is 5.72. The molecule has 0 aliphatic rings. The molecule has 76 valence electrons. The Morgan fingerprint density at radius 1 is 1.38 bits per heavy atom. The molecular weight excluding hydrogens is 158 g/mol. The predicted octanol–water partition coefficient (Wildman–Crippen LogP) is 3.29. The molecule has 0 atom stereocenters. The van der Waals surface area contributed by atoms with E-state index in [0.29, 0.717) is 0 Å². The van der Waals surface area contributed by atoms with E-state index in [1.165, 1.54) is 5.57 Å². The Labute approximate surface area is 82.9 Å². The van der Waals surface area contributed by atoms with Crippen molar-refractivity contribution in [1.29, 1.82) is 0 Å². The summed E-state index contributed by atoms with van der Waals surface area (Å²) in [6.45, 7) is 13.5. The third kappa shape index (κ3) is 9.35. The van der Waals surface area contributed by atoms with Crippen LogP contribution in [0.15, 0.2) is 24.3 Å². The second-order valence-electron chi connectivity index (χ2n) is 4.51. The maximum absolute atomic E-state index is 3.71. The highest BCUT2D eigenvalue weighted by Gasteiger charge is 2.06. The lowest BCUT2D eigenvalue weighted by Crippen LogP contribution is -2.36. The summed E-state index contributed by atoms with van der Waals surface area (Å²) >= 11 is 0. The molecule has 13 heavy (non-hydrogen) atoms. The third-order valence-electron chi connectivity index (χ3n) is 1.76. The second kappa shape index (κ2) is 5.98. The lowest BCUT2D eigenvalue weighted by atomic mass is 10.1. The quantitative estimate of drug-likeness (QED) is 0.507. The van der Waals surface area contributed by atoms with Crippen molar-refractivity contribution in [3.8, 4) is 0 Å². The van der Waals surface area contributed by atoms with E-state index in [-0.39, 0.29) is 5.54 Å². The predicted molar refractivity (Wildman–Crippen MR) is 60.9 cm³/mol. The summed E-state index contributed by atoms with van der Waals surface area (Å²) in [6.07, 6.45) is 6.34. The van der Waals surface area contributed by atoms with E-state index in [1.54, 1.807) is 0 Å². The molecule has 0 amide bonds. The molecule has 0 aromatic rings. The molecule has 0 aliphatic carbocycles. The van der Waals surface area contributed by atoms with Gasteiger partial charge in [-0.1, -0.05) is 17.7 Å². The Balaban J connectivity index is 3.55. The van der Waals surface area contributed by atoms with E-state index in [1.807, 2.05) is 6.08 Å². The first-order valence-electron chi connectivity index (χ1n) is 4.97. The van der Waals surface area contributed by atoms with Crippen LogP contribution in [0.5, 0.6) is 0 Å². The lowest BCUT2D eigenvalue weighted by Gasteiger charge is -2.19. The van der Waals surface area contributed by atoms with Crippen LogP contribution in [0.4, 0.5) is 0 Å². The standard InChI is InChI=1S/C12H23N/c1-6-8-11(2)9-7-10-13-12(3,4)5/h6,9,13H,1,7-8,10H2,2-5H3. The topological polar surface area (TPSA) is 12.0 Å². The molecule has 0 aromatic heterocycles. The van der Waals surface area contributed by atoms with Crippen LogP contribution in [0.2, 0.25) is 0 Å². The van der Waals surface area contributed by atoms with Crippen molar-refractivity contribution in [2.75, 3.05) is 6.54 Å². The number of nitrogens with one attached hydrogen (secondary N) is 1. The van der Waals surface area contributed by atoms with Gasteiger partial charge in [0.2, 0.25) is 0 Å². The number of rotatable bonds is 5. The van der Waals surface area contributed by atoms with Crippen LogP contribution < -0.4 is 5.32 Å². The van der Waals surface area contributed by atoms with Gasteiger partial charge >= 0.3 is 0 Å². The molecule has 1 heteroatoms. The summed E-state index contributed by atoms with van der Waals surface area (Å²) < 4.78 is 0. The minimum Gasteiger partial charge on any atom is -0.312 e. The molecule has 0 saturated heterocycles. The Morgan fingerprint density at radius 3 is 2.46 bits per heavy atom. The van der Waals surface area contributed by atoms with Gasteiger partial charge in [0.15, 0.2) is 0 Å². The minimum atomic E-state index is 0.236. The zero-order chi connectivity index (χ0) is 10.3. The van der Waals surface area contributed by atoms with Crippen molar-refractivity contribution in [1.82, 2.24) is 5.32 Å². The Hall–Kier alpha value is -0.560. The van der Waals surface area contributed by atoms with Crippen LogP contribution in [-0.2, 0) is 0 Å². The first-order chi connectivity index (χ1) is 5.95. The molecule has 0 fully saturated rings. The molecule has 0 aromatic carbocycles. The molecule has 0 bridgehead atoms. The smallest absolute Gasteiger partial charge is 0.00966 e. The Morgan fingerprint density at radius 2 is 2.00 bits per heavy atom. The van der Waals surface area contributed by atoms with Gasteiger partial charge in [0.25, 0.3) is 0 Å². The average Bonchev–Trinajstić information content (AvgIpc) is 1.97. The normalized spacial score (nSPS) is 13.1. The van der Waals surface area contributed by atoms with E-state index in [4.69, 9.17) is 0 Å². The molecule has 0 heterocycles. The molecule has 0 saturated carbocycles. The van der Waals surface area contributed by atoms with Gasteiger partial charge in [-0.05, 0) is 47.1 Å². The van der Waals surface area contributed by atoms with Crippen LogP contribution in [0.1, 0.15) is 40.5 Å². The molecule has 1 N–H and O–H groups in total. The molecule has 1 nitrogen and oxygen atoms in total. The van der Waals surface area contributed by atoms with Gasteiger partial charge in [0.05, 0.1) is 0 Å². The zero-order valence-electron chi connectivity index (χ0n) is 9.48. The zero-order valence-corrected chi connectivity index (χ0v) is 9.48. The van der Waals surface area contributed by atoms with Crippen LogP contribution in [0, 0.1) is 0 Å². The third-order valence-corrected chi connectivity index (χ3v) is 1.76. The van der Waals surface area contributed by atoms with Crippen molar-refractivity contribution in [3.63, 3.8) is 0 Å². The number of hydrogen-bond donors (Lipinski definition) is 1. The summed E-state index contributed by atoms with van der Waals surface area (Å²) in [4.78, 5) is 0. The first-order valence-corrected chi connectivity index (χ1v) is 4.97. The maximum atomic E-state index is 3.71. The first kappa shape index (κ1) is 12.4. The summed E-state index contributed by atoms with van der Waals surface area (Å²) in [7, 11) is 0. The average molecular weight is 181 g/mol. The van der Waals surface area contributed by atoms with E-state index < -0.39 is 0 Å². The summed E-state index contributed by atoms with van der Waals surface area (Å²) in [5.41, 5.74) is 1.64. The lowest BCUT2D eigenvalue weighted by molar-refractivity contribution is 0.431. The Bertz CT molecular complexity index is 172. The van der Waals surface area contributed by atoms with E-state index >= 15 is 0 Å². The number of hydrogen-bond acceptors (Lipinski definition) is 1. The van der Waals surface area contributed by atoms with Crippen LogP contribution in [0.3, 0.4) is 0 Å². The monoisotopic (exact) mass is 181 g/mol. The van der Waals surface area contributed by atoms with E-state index in [2.05, 4.69) is 45.7 Å². The van der Waals surface area contributed by atoms with Crippen LogP contribution in [0.25, 0.3) is 0 Å². The van der Waals surface area contributed by atoms with Gasteiger partial charge < -0.3 is 5.32 Å². The fraction of sp³-hybridized carbons (Fsp3) is 0.667. The van der Waals surface area contributed by atoms with Crippen molar-refractivity contribution < 1.29 is 0 Å². The van der Waals surface area contributed by atoms with Gasteiger partial charge in [-0.25, -0.2) is 0 Å². The van der Waals surface area contributed by atoms with E-state index in [0.717, 1.165) is 19.4 Å². The molecule has 0 unspecified atom stereocenters. The fourth-order valence-corrected chi connectivity index (χ4v) is 1.08. The van der Waals surface area contributed by atoms with Gasteiger partial charge in [-0.3, -0.25) is 0 Å².